The highest BCUT2D eigenvalue weighted by Gasteiger charge is 2.33. The Labute approximate surface area is 145 Å². The first-order chi connectivity index (χ1) is 11.4. The number of rotatable bonds is 7. The third kappa shape index (κ3) is 4.41. The predicted molar refractivity (Wildman–Crippen MR) is 91.0 cm³/mol. The standard InChI is InChI=1S/C18H20O5S/c1-11-16(21)9-17(22)15(10-23-7-6-19)18(11)24-14-5-3-4-13(8-14)12(2)20/h3-5,8,15,19H,6-7,9-10H2,1-2H3. The molecule has 1 aromatic carbocycles. The van der Waals surface area contributed by atoms with Gasteiger partial charge in [0.1, 0.15) is 0 Å². The molecule has 1 N–H and O–H groups in total. The van der Waals surface area contributed by atoms with Crippen LogP contribution in [-0.4, -0.2) is 42.3 Å². The summed E-state index contributed by atoms with van der Waals surface area (Å²) in [7, 11) is 0. The van der Waals surface area contributed by atoms with Gasteiger partial charge >= 0.3 is 0 Å². The summed E-state index contributed by atoms with van der Waals surface area (Å²) in [4.78, 5) is 37.3. The molecule has 1 atom stereocenters. The fourth-order valence-electron chi connectivity index (χ4n) is 2.45. The van der Waals surface area contributed by atoms with Gasteiger partial charge in [0.25, 0.3) is 0 Å². The molecule has 0 spiro atoms. The van der Waals surface area contributed by atoms with Crippen molar-refractivity contribution in [2.45, 2.75) is 25.2 Å². The van der Waals surface area contributed by atoms with Crippen molar-refractivity contribution in [3.8, 4) is 0 Å². The number of ketones is 3. The van der Waals surface area contributed by atoms with Crippen molar-refractivity contribution in [2.75, 3.05) is 19.8 Å². The molecular weight excluding hydrogens is 328 g/mol. The molecule has 0 fully saturated rings. The molecule has 6 heteroatoms. The van der Waals surface area contributed by atoms with Crippen LogP contribution in [0.5, 0.6) is 0 Å². The number of carbonyl (C=O) groups excluding carboxylic acids is 3. The summed E-state index contributed by atoms with van der Waals surface area (Å²) in [5.74, 6) is -0.903. The zero-order valence-electron chi connectivity index (χ0n) is 13.7. The first-order valence-electron chi connectivity index (χ1n) is 7.68. The van der Waals surface area contributed by atoms with Gasteiger partial charge in [-0.15, -0.1) is 0 Å². The summed E-state index contributed by atoms with van der Waals surface area (Å²) in [6, 6.07) is 7.10. The van der Waals surface area contributed by atoms with E-state index in [9.17, 15) is 14.4 Å². The van der Waals surface area contributed by atoms with Crippen molar-refractivity contribution in [3.05, 3.63) is 40.3 Å². The van der Waals surface area contributed by atoms with Crippen LogP contribution in [0.4, 0.5) is 0 Å². The van der Waals surface area contributed by atoms with E-state index in [2.05, 4.69) is 0 Å². The summed E-state index contributed by atoms with van der Waals surface area (Å²) in [6.07, 6.45) is -0.115. The number of hydrogen-bond acceptors (Lipinski definition) is 6. The van der Waals surface area contributed by atoms with Crippen LogP contribution in [0.3, 0.4) is 0 Å². The van der Waals surface area contributed by atoms with E-state index in [1.54, 1.807) is 25.1 Å². The average molecular weight is 348 g/mol. The van der Waals surface area contributed by atoms with E-state index in [-0.39, 0.29) is 43.6 Å². The maximum atomic E-state index is 12.3. The summed E-state index contributed by atoms with van der Waals surface area (Å²) >= 11 is 1.32. The molecule has 0 saturated heterocycles. The number of ether oxygens (including phenoxy) is 1. The van der Waals surface area contributed by atoms with Gasteiger partial charge in [-0.2, -0.15) is 0 Å². The molecule has 0 aliphatic heterocycles. The van der Waals surface area contributed by atoms with Gasteiger partial charge < -0.3 is 9.84 Å². The monoisotopic (exact) mass is 348 g/mol. The summed E-state index contributed by atoms with van der Waals surface area (Å²) in [5, 5.41) is 8.83. The van der Waals surface area contributed by atoms with Crippen molar-refractivity contribution in [2.24, 2.45) is 5.92 Å². The van der Waals surface area contributed by atoms with Crippen molar-refractivity contribution >= 4 is 29.1 Å². The van der Waals surface area contributed by atoms with Crippen LogP contribution in [-0.2, 0) is 14.3 Å². The smallest absolute Gasteiger partial charge is 0.166 e. The van der Waals surface area contributed by atoms with Crippen LogP contribution in [0.1, 0.15) is 30.6 Å². The molecule has 0 amide bonds. The van der Waals surface area contributed by atoms with E-state index in [0.29, 0.717) is 16.0 Å². The minimum atomic E-state index is -0.514. The lowest BCUT2D eigenvalue weighted by Crippen LogP contribution is -2.30. The van der Waals surface area contributed by atoms with Crippen LogP contribution < -0.4 is 0 Å². The SMILES string of the molecule is CC(=O)c1cccc(SC2=C(C)C(=O)CC(=O)C2COCCO)c1. The number of benzene rings is 1. The molecule has 1 aliphatic carbocycles. The topological polar surface area (TPSA) is 80.7 Å². The number of Topliss-reactive ketones (excluding diaryl/α,β-unsaturated/α-hetero) is 3. The van der Waals surface area contributed by atoms with E-state index in [0.717, 1.165) is 4.90 Å². The van der Waals surface area contributed by atoms with Crippen molar-refractivity contribution in [1.82, 2.24) is 0 Å². The van der Waals surface area contributed by atoms with Crippen molar-refractivity contribution < 1.29 is 24.2 Å². The number of hydrogen-bond donors (Lipinski definition) is 1. The fourth-order valence-corrected chi connectivity index (χ4v) is 3.64. The van der Waals surface area contributed by atoms with Gasteiger partial charge in [0, 0.05) is 20.9 Å². The molecule has 1 aromatic rings. The van der Waals surface area contributed by atoms with E-state index in [4.69, 9.17) is 9.84 Å². The van der Waals surface area contributed by atoms with Crippen LogP contribution in [0.25, 0.3) is 0 Å². The third-order valence-electron chi connectivity index (χ3n) is 3.82. The Morgan fingerprint density at radius 2 is 2.12 bits per heavy atom. The largest absolute Gasteiger partial charge is 0.394 e. The highest BCUT2D eigenvalue weighted by molar-refractivity contribution is 8.03. The molecule has 1 unspecified atom stereocenters. The number of allylic oxidation sites excluding steroid dienone is 1. The zero-order valence-corrected chi connectivity index (χ0v) is 14.5. The number of aliphatic hydroxyl groups is 1. The van der Waals surface area contributed by atoms with Gasteiger partial charge in [0.15, 0.2) is 17.3 Å². The normalized spacial score (nSPS) is 18.2. The second-order valence-electron chi connectivity index (χ2n) is 5.59. The van der Waals surface area contributed by atoms with Gasteiger partial charge in [0.05, 0.1) is 32.2 Å². The highest BCUT2D eigenvalue weighted by atomic mass is 32.2. The first-order valence-corrected chi connectivity index (χ1v) is 8.49. The molecule has 24 heavy (non-hydrogen) atoms. The molecule has 0 radical (unpaired) electrons. The Hall–Kier alpha value is -1.76. The molecule has 1 aliphatic rings. The Bertz CT molecular complexity index is 692. The van der Waals surface area contributed by atoms with Gasteiger partial charge in [-0.05, 0) is 26.0 Å². The van der Waals surface area contributed by atoms with E-state index < -0.39 is 5.92 Å². The van der Waals surface area contributed by atoms with E-state index >= 15 is 0 Å². The molecule has 0 saturated carbocycles. The average Bonchev–Trinajstić information content (AvgIpc) is 2.55. The lowest BCUT2D eigenvalue weighted by molar-refractivity contribution is -0.129. The minimum Gasteiger partial charge on any atom is -0.394 e. The second-order valence-corrected chi connectivity index (χ2v) is 6.71. The molecule has 0 bridgehead atoms. The van der Waals surface area contributed by atoms with Gasteiger partial charge in [-0.25, -0.2) is 0 Å². The Morgan fingerprint density at radius 3 is 2.79 bits per heavy atom. The lowest BCUT2D eigenvalue weighted by Gasteiger charge is -2.25. The second kappa shape index (κ2) is 8.37. The minimum absolute atomic E-state index is 0.0400. The predicted octanol–water partition coefficient (Wildman–Crippen LogP) is 2.42. The summed E-state index contributed by atoms with van der Waals surface area (Å²) < 4.78 is 5.32. The van der Waals surface area contributed by atoms with Crippen molar-refractivity contribution in [3.63, 3.8) is 0 Å². The number of aliphatic hydroxyl groups excluding tert-OH is 1. The van der Waals surface area contributed by atoms with Gasteiger partial charge in [-0.3, -0.25) is 14.4 Å². The third-order valence-corrected chi connectivity index (χ3v) is 5.12. The fraction of sp³-hybridized carbons (Fsp3) is 0.389. The van der Waals surface area contributed by atoms with Crippen LogP contribution >= 0.6 is 11.8 Å². The van der Waals surface area contributed by atoms with Gasteiger partial charge in [-0.1, -0.05) is 23.9 Å². The van der Waals surface area contributed by atoms with Gasteiger partial charge in [0.2, 0.25) is 0 Å². The lowest BCUT2D eigenvalue weighted by atomic mass is 9.89. The molecule has 2 rings (SSSR count). The van der Waals surface area contributed by atoms with Crippen LogP contribution in [0, 0.1) is 5.92 Å². The number of carbonyl (C=O) groups is 3. The Balaban J connectivity index is 2.29. The highest BCUT2D eigenvalue weighted by Crippen LogP contribution is 2.39. The van der Waals surface area contributed by atoms with Crippen LogP contribution in [0.2, 0.25) is 0 Å². The maximum absolute atomic E-state index is 12.3. The molecule has 0 heterocycles. The Morgan fingerprint density at radius 1 is 1.38 bits per heavy atom. The summed E-state index contributed by atoms with van der Waals surface area (Å²) in [5.41, 5.74) is 1.14. The maximum Gasteiger partial charge on any atom is 0.166 e. The van der Waals surface area contributed by atoms with Crippen molar-refractivity contribution in [1.29, 1.82) is 0 Å². The van der Waals surface area contributed by atoms with Crippen LogP contribution in [0.15, 0.2) is 39.6 Å². The first kappa shape index (κ1) is 18.6. The zero-order chi connectivity index (χ0) is 17.7. The number of thioether (sulfide) groups is 1. The molecule has 128 valence electrons. The van der Waals surface area contributed by atoms with E-state index in [1.807, 2.05) is 6.07 Å². The molecule has 0 aromatic heterocycles. The Kier molecular flexibility index (Phi) is 6.48. The summed E-state index contributed by atoms with van der Waals surface area (Å²) in [6.45, 7) is 3.37. The molecular formula is C18H20O5S. The van der Waals surface area contributed by atoms with E-state index in [1.165, 1.54) is 18.7 Å². The quantitative estimate of drug-likeness (QED) is 0.463. The molecule has 5 nitrogen and oxygen atoms in total.